The van der Waals surface area contributed by atoms with Gasteiger partial charge < -0.3 is 14.2 Å². The van der Waals surface area contributed by atoms with Gasteiger partial charge in [0, 0.05) is 11.6 Å². The Bertz CT molecular complexity index is 1070. The predicted octanol–water partition coefficient (Wildman–Crippen LogP) is 3.55. The number of methoxy groups -OCH3 is 3. The molecule has 2 aromatic carbocycles. The average molecular weight is 368 g/mol. The maximum atomic E-state index is 5.48. The second-order valence-corrected chi connectivity index (χ2v) is 6.38. The number of fused-ring (bicyclic) bond motifs is 1. The normalized spacial score (nSPS) is 10.9. The van der Waals surface area contributed by atoms with E-state index in [2.05, 4.69) is 15.3 Å². The molecule has 0 fully saturated rings. The zero-order valence-electron chi connectivity index (χ0n) is 14.5. The third kappa shape index (κ3) is 2.74. The van der Waals surface area contributed by atoms with Crippen molar-refractivity contribution in [2.75, 3.05) is 21.3 Å². The summed E-state index contributed by atoms with van der Waals surface area (Å²) in [7, 11) is 4.88. The zero-order chi connectivity index (χ0) is 18.1. The molecule has 0 radical (unpaired) electrons. The smallest absolute Gasteiger partial charge is 0.235 e. The Morgan fingerprint density at radius 2 is 1.69 bits per heavy atom. The number of hydrogen-bond acceptors (Lipinski definition) is 7. The van der Waals surface area contributed by atoms with Gasteiger partial charge in [-0.2, -0.15) is 9.61 Å². The molecule has 2 heterocycles. The number of hydrogen-bond donors (Lipinski definition) is 0. The number of benzene rings is 2. The van der Waals surface area contributed by atoms with E-state index >= 15 is 0 Å². The number of rotatable bonds is 5. The number of aromatic nitrogens is 4. The van der Waals surface area contributed by atoms with Crippen LogP contribution >= 0.6 is 11.3 Å². The van der Waals surface area contributed by atoms with Gasteiger partial charge in [-0.05, 0) is 24.3 Å². The highest BCUT2D eigenvalue weighted by Gasteiger charge is 2.17. The van der Waals surface area contributed by atoms with Crippen molar-refractivity contribution in [2.45, 2.75) is 0 Å². The first-order valence-electron chi connectivity index (χ1n) is 7.82. The maximum absolute atomic E-state index is 5.48. The van der Waals surface area contributed by atoms with Crippen LogP contribution in [0.25, 0.3) is 26.9 Å². The summed E-state index contributed by atoms with van der Waals surface area (Å²) < 4.78 is 17.8. The van der Waals surface area contributed by atoms with Crippen LogP contribution in [0.3, 0.4) is 0 Å². The molecule has 0 unspecified atom stereocenters. The van der Waals surface area contributed by atoms with Crippen molar-refractivity contribution in [3.8, 4) is 39.2 Å². The topological polar surface area (TPSA) is 70.8 Å². The van der Waals surface area contributed by atoms with E-state index in [0.717, 1.165) is 27.6 Å². The van der Waals surface area contributed by atoms with Crippen LogP contribution in [0.2, 0.25) is 0 Å². The Labute approximate surface area is 153 Å². The Morgan fingerprint density at radius 3 is 2.46 bits per heavy atom. The lowest BCUT2D eigenvalue weighted by atomic mass is 10.2. The fourth-order valence-corrected chi connectivity index (χ4v) is 3.51. The summed E-state index contributed by atoms with van der Waals surface area (Å²) in [4.78, 5) is 0.704. The molecule has 26 heavy (non-hydrogen) atoms. The first-order valence-corrected chi connectivity index (χ1v) is 8.64. The van der Waals surface area contributed by atoms with Crippen LogP contribution in [-0.4, -0.2) is 41.1 Å². The molecule has 4 rings (SSSR count). The Kier molecular flexibility index (Phi) is 4.18. The summed E-state index contributed by atoms with van der Waals surface area (Å²) in [6.45, 7) is 0. The number of nitrogens with zero attached hydrogens (tertiary/aromatic N) is 4. The van der Waals surface area contributed by atoms with Gasteiger partial charge in [0.25, 0.3) is 0 Å². The van der Waals surface area contributed by atoms with Gasteiger partial charge in [0.1, 0.15) is 17.2 Å². The van der Waals surface area contributed by atoms with Crippen molar-refractivity contribution in [2.24, 2.45) is 0 Å². The van der Waals surface area contributed by atoms with Crippen molar-refractivity contribution < 1.29 is 14.2 Å². The summed E-state index contributed by atoms with van der Waals surface area (Å²) >= 11 is 1.44. The van der Waals surface area contributed by atoms with Crippen LogP contribution in [-0.2, 0) is 0 Å². The van der Waals surface area contributed by atoms with E-state index in [1.807, 2.05) is 42.5 Å². The molecule has 0 amide bonds. The molecule has 0 saturated heterocycles. The molecule has 0 N–H and O–H groups in total. The minimum atomic E-state index is 0.661. The number of ether oxygens (including phenoxy) is 3. The summed E-state index contributed by atoms with van der Waals surface area (Å²) in [5.41, 5.74) is 1.76. The minimum Gasteiger partial charge on any atom is -0.497 e. The molecule has 0 bridgehead atoms. The molecule has 132 valence electrons. The van der Waals surface area contributed by atoms with Gasteiger partial charge in [-0.15, -0.1) is 10.2 Å². The molecule has 0 aliphatic heterocycles. The molecule has 4 aromatic rings. The highest BCUT2D eigenvalue weighted by Crippen LogP contribution is 2.36. The summed E-state index contributed by atoms with van der Waals surface area (Å²) in [6.07, 6.45) is 0. The lowest BCUT2D eigenvalue weighted by Crippen LogP contribution is -1.93. The van der Waals surface area contributed by atoms with Gasteiger partial charge in [0.15, 0.2) is 10.8 Å². The van der Waals surface area contributed by atoms with Gasteiger partial charge in [-0.3, -0.25) is 0 Å². The zero-order valence-corrected chi connectivity index (χ0v) is 15.3. The van der Waals surface area contributed by atoms with Gasteiger partial charge in [-0.25, -0.2) is 0 Å². The van der Waals surface area contributed by atoms with E-state index in [-0.39, 0.29) is 0 Å². The lowest BCUT2D eigenvalue weighted by Gasteiger charge is -2.07. The first-order chi connectivity index (χ1) is 12.7. The third-order valence-electron chi connectivity index (χ3n) is 3.96. The molecular formula is C18H16N4O3S. The Hall–Kier alpha value is -3.13. The Balaban J connectivity index is 1.81. The summed E-state index contributed by atoms with van der Waals surface area (Å²) in [6, 6.07) is 13.3. The molecule has 0 saturated carbocycles. The molecule has 0 aliphatic rings. The molecule has 0 aliphatic carbocycles. The molecule has 0 atom stereocenters. The highest BCUT2D eigenvalue weighted by molar-refractivity contribution is 7.19. The van der Waals surface area contributed by atoms with Crippen LogP contribution in [0.5, 0.6) is 17.2 Å². The summed E-state index contributed by atoms with van der Waals surface area (Å²) in [5, 5.41) is 14.0. The fraction of sp³-hybridized carbons (Fsp3) is 0.167. The molecule has 0 spiro atoms. The SMILES string of the molecule is COc1cccc(-c2nnc3sc(-c4ccc(OC)cc4OC)nn23)c1. The van der Waals surface area contributed by atoms with Crippen LogP contribution < -0.4 is 14.2 Å². The van der Waals surface area contributed by atoms with Crippen molar-refractivity contribution in [1.82, 2.24) is 19.8 Å². The van der Waals surface area contributed by atoms with E-state index in [9.17, 15) is 0 Å². The second kappa shape index (κ2) is 6.64. The van der Waals surface area contributed by atoms with Crippen molar-refractivity contribution in [3.63, 3.8) is 0 Å². The largest absolute Gasteiger partial charge is 0.497 e. The van der Waals surface area contributed by atoms with E-state index in [4.69, 9.17) is 14.2 Å². The summed E-state index contributed by atoms with van der Waals surface area (Å²) in [5.74, 6) is 2.84. The standard InChI is InChI=1S/C18H16N4O3S/c1-23-12-6-4-5-11(9-12)16-19-20-18-22(16)21-17(26-18)14-8-7-13(24-2)10-15(14)25-3/h4-10H,1-3H3. The van der Waals surface area contributed by atoms with E-state index < -0.39 is 0 Å². The minimum absolute atomic E-state index is 0.661. The molecule has 2 aromatic heterocycles. The third-order valence-corrected chi connectivity index (χ3v) is 4.89. The van der Waals surface area contributed by atoms with Crippen molar-refractivity contribution in [1.29, 1.82) is 0 Å². The molecule has 7 nitrogen and oxygen atoms in total. The maximum Gasteiger partial charge on any atom is 0.235 e. The Morgan fingerprint density at radius 1 is 0.885 bits per heavy atom. The highest BCUT2D eigenvalue weighted by atomic mass is 32.1. The molecular weight excluding hydrogens is 352 g/mol. The van der Waals surface area contributed by atoms with Crippen LogP contribution in [0.1, 0.15) is 0 Å². The van der Waals surface area contributed by atoms with Gasteiger partial charge in [0.05, 0.1) is 26.9 Å². The van der Waals surface area contributed by atoms with Gasteiger partial charge >= 0.3 is 0 Å². The van der Waals surface area contributed by atoms with Crippen molar-refractivity contribution >= 4 is 16.3 Å². The van der Waals surface area contributed by atoms with Crippen LogP contribution in [0.15, 0.2) is 42.5 Å². The van der Waals surface area contributed by atoms with Crippen LogP contribution in [0, 0.1) is 0 Å². The van der Waals surface area contributed by atoms with E-state index in [0.29, 0.717) is 16.5 Å². The van der Waals surface area contributed by atoms with Gasteiger partial charge in [-0.1, -0.05) is 23.5 Å². The second-order valence-electron chi connectivity index (χ2n) is 5.42. The fourth-order valence-electron chi connectivity index (χ4n) is 2.64. The molecule has 8 heteroatoms. The monoisotopic (exact) mass is 368 g/mol. The van der Waals surface area contributed by atoms with Crippen molar-refractivity contribution in [3.05, 3.63) is 42.5 Å². The first kappa shape index (κ1) is 16.3. The van der Waals surface area contributed by atoms with Crippen LogP contribution in [0.4, 0.5) is 0 Å². The van der Waals surface area contributed by atoms with E-state index in [1.165, 1.54) is 11.3 Å². The quantitative estimate of drug-likeness (QED) is 0.537. The van der Waals surface area contributed by atoms with Gasteiger partial charge in [0.2, 0.25) is 4.96 Å². The average Bonchev–Trinajstić information content (AvgIpc) is 3.28. The predicted molar refractivity (Wildman–Crippen MR) is 99.2 cm³/mol. The lowest BCUT2D eigenvalue weighted by molar-refractivity contribution is 0.395. The van der Waals surface area contributed by atoms with E-state index in [1.54, 1.807) is 25.8 Å².